The number of nitrogens with zero attached hydrogens (tertiary/aromatic N) is 1. The minimum atomic E-state index is -0.817. The number of unbranched alkanes of at least 4 members (excludes halogenated alkanes) is 2. The Morgan fingerprint density at radius 3 is 2.50 bits per heavy atom. The quantitative estimate of drug-likeness (QED) is 0.308. The third kappa shape index (κ3) is 8.34. The lowest BCUT2D eigenvalue weighted by Gasteiger charge is -2.38. The maximum absolute atomic E-state index is 12.4. The molecule has 9 heteroatoms. The normalized spacial score (nSPS) is 23.8. The zero-order valence-electron chi connectivity index (χ0n) is 21.6. The molecule has 0 unspecified atom stereocenters. The van der Waals surface area contributed by atoms with E-state index in [2.05, 4.69) is 10.2 Å². The number of nitrogens with one attached hydrogen (secondary N) is 1. The molecule has 4 rings (SSSR count). The summed E-state index contributed by atoms with van der Waals surface area (Å²) < 4.78 is 12.8. The summed E-state index contributed by atoms with van der Waals surface area (Å²) in [4.78, 5) is 25.3. The smallest absolute Gasteiger partial charge is 0.303 e. The topological polar surface area (TPSA) is 129 Å². The van der Waals surface area contributed by atoms with Crippen LogP contribution in [-0.4, -0.2) is 63.9 Å². The summed E-state index contributed by atoms with van der Waals surface area (Å²) in [6.07, 6.45) is 2.54. The Morgan fingerprint density at radius 1 is 1.00 bits per heavy atom. The molecule has 2 fully saturated rings. The molecule has 2 aliphatic heterocycles. The van der Waals surface area contributed by atoms with Crippen LogP contribution in [0.2, 0.25) is 0 Å². The van der Waals surface area contributed by atoms with E-state index in [0.29, 0.717) is 50.9 Å². The molecule has 9 nitrogen and oxygen atoms in total. The Morgan fingerprint density at radius 2 is 1.79 bits per heavy atom. The van der Waals surface area contributed by atoms with Gasteiger partial charge in [0.2, 0.25) is 5.91 Å². The molecule has 0 aromatic heterocycles. The number of β-amino-alcohol motifs (C(OH)–C–C–N with tert-alkyl or cyclic N) is 1. The highest BCUT2D eigenvalue weighted by Crippen LogP contribution is 2.39. The first-order valence-electron chi connectivity index (χ1n) is 13.4. The van der Waals surface area contributed by atoms with Gasteiger partial charge in [-0.05, 0) is 42.5 Å². The summed E-state index contributed by atoms with van der Waals surface area (Å²) in [6, 6.07) is 15.2. The van der Waals surface area contributed by atoms with E-state index in [1.165, 1.54) is 0 Å². The Hall–Kier alpha value is -2.82. The van der Waals surface area contributed by atoms with Gasteiger partial charge in [-0.3, -0.25) is 14.5 Å². The summed E-state index contributed by atoms with van der Waals surface area (Å²) in [5.74, 6) is -0.932. The number of aliphatic hydroxyl groups is 2. The molecule has 38 heavy (non-hydrogen) atoms. The number of carbonyl (C=O) groups is 2. The molecule has 0 saturated carbocycles. The Labute approximate surface area is 223 Å². The highest BCUT2D eigenvalue weighted by molar-refractivity contribution is 5.90. The molecule has 0 bridgehead atoms. The molecular formula is C29H38N2O7. The van der Waals surface area contributed by atoms with Gasteiger partial charge < -0.3 is 30.1 Å². The fourth-order valence-electron chi connectivity index (χ4n) is 5.02. The van der Waals surface area contributed by atoms with Crippen LogP contribution in [0.3, 0.4) is 0 Å². The van der Waals surface area contributed by atoms with Crippen molar-refractivity contribution in [2.24, 2.45) is 0 Å². The van der Waals surface area contributed by atoms with E-state index in [0.717, 1.165) is 29.7 Å². The first kappa shape index (κ1) is 28.2. The number of hydrogen-bond acceptors (Lipinski definition) is 7. The number of rotatable bonds is 12. The molecule has 0 aliphatic carbocycles. The van der Waals surface area contributed by atoms with Gasteiger partial charge in [-0.1, -0.05) is 42.8 Å². The summed E-state index contributed by atoms with van der Waals surface area (Å²) >= 11 is 0. The number of ether oxygens (including phenoxy) is 2. The van der Waals surface area contributed by atoms with Crippen LogP contribution in [0.1, 0.15) is 74.0 Å². The third-order valence-electron chi connectivity index (χ3n) is 7.06. The summed E-state index contributed by atoms with van der Waals surface area (Å²) in [7, 11) is 0. The van der Waals surface area contributed by atoms with Crippen molar-refractivity contribution >= 4 is 17.6 Å². The molecular weight excluding hydrogens is 488 g/mol. The van der Waals surface area contributed by atoms with Crippen LogP contribution in [-0.2, 0) is 25.7 Å². The van der Waals surface area contributed by atoms with Gasteiger partial charge in [-0.25, -0.2) is 0 Å². The van der Waals surface area contributed by atoms with Crippen molar-refractivity contribution in [3.05, 3.63) is 65.2 Å². The van der Waals surface area contributed by atoms with Crippen molar-refractivity contribution in [2.45, 2.75) is 76.2 Å². The van der Waals surface area contributed by atoms with E-state index in [4.69, 9.17) is 14.6 Å². The van der Waals surface area contributed by atoms with E-state index >= 15 is 0 Å². The molecule has 206 valence electrons. The van der Waals surface area contributed by atoms with Crippen LogP contribution < -0.4 is 5.32 Å². The van der Waals surface area contributed by atoms with Crippen LogP contribution in [0.5, 0.6) is 0 Å². The lowest BCUT2D eigenvalue weighted by molar-refractivity contribution is -0.252. The van der Waals surface area contributed by atoms with Gasteiger partial charge >= 0.3 is 5.97 Å². The number of likely N-dealkylation sites (tertiary alicyclic amines) is 1. The van der Waals surface area contributed by atoms with Crippen LogP contribution in [0.4, 0.5) is 5.69 Å². The van der Waals surface area contributed by atoms with Crippen molar-refractivity contribution in [1.82, 2.24) is 4.90 Å². The van der Waals surface area contributed by atoms with Gasteiger partial charge in [-0.2, -0.15) is 0 Å². The number of carbonyl (C=O) groups excluding carboxylic acids is 1. The van der Waals surface area contributed by atoms with Gasteiger partial charge in [0, 0.05) is 50.1 Å². The number of carboxylic acids is 1. The molecule has 2 saturated heterocycles. The zero-order chi connectivity index (χ0) is 26.9. The number of aliphatic carboxylic acids is 1. The Kier molecular flexibility index (Phi) is 10.3. The first-order valence-corrected chi connectivity index (χ1v) is 13.4. The minimum Gasteiger partial charge on any atom is -0.481 e. The average Bonchev–Trinajstić information content (AvgIpc) is 3.32. The molecule has 2 aromatic rings. The van der Waals surface area contributed by atoms with Crippen molar-refractivity contribution < 1.29 is 34.4 Å². The third-order valence-corrected chi connectivity index (χ3v) is 7.06. The van der Waals surface area contributed by atoms with E-state index in [9.17, 15) is 19.8 Å². The molecule has 4 N–H and O–H groups in total. The highest BCUT2D eigenvalue weighted by atomic mass is 16.7. The minimum absolute atomic E-state index is 0.0156. The van der Waals surface area contributed by atoms with E-state index in [1.807, 2.05) is 48.5 Å². The van der Waals surface area contributed by atoms with Crippen molar-refractivity contribution in [3.8, 4) is 0 Å². The number of benzene rings is 2. The average molecular weight is 527 g/mol. The highest BCUT2D eigenvalue weighted by Gasteiger charge is 2.34. The zero-order valence-corrected chi connectivity index (χ0v) is 21.6. The van der Waals surface area contributed by atoms with Gasteiger partial charge in [0.1, 0.15) is 0 Å². The number of carboxylic acid groups (broad SMARTS) is 1. The van der Waals surface area contributed by atoms with Crippen molar-refractivity contribution in [1.29, 1.82) is 0 Å². The number of anilines is 1. The molecule has 4 atom stereocenters. The van der Waals surface area contributed by atoms with Crippen molar-refractivity contribution in [3.63, 3.8) is 0 Å². The van der Waals surface area contributed by atoms with E-state index in [1.54, 1.807) is 0 Å². The van der Waals surface area contributed by atoms with E-state index in [-0.39, 0.29) is 37.2 Å². The predicted molar refractivity (Wildman–Crippen MR) is 141 cm³/mol. The van der Waals surface area contributed by atoms with Crippen LogP contribution in [0.25, 0.3) is 0 Å². The molecule has 0 spiro atoms. The van der Waals surface area contributed by atoms with Crippen molar-refractivity contribution in [2.75, 3.05) is 25.0 Å². The standard InChI is InChI=1S/C29H38N2O7/c32-19-20-9-11-21(12-10-20)26-16-25(18-31-14-13-24(33)17-31)37-29(38-26)22-5-4-6-23(15-22)30-27(34)7-2-1-3-8-28(35)36/h4-6,9-12,15,24-26,29,32-33H,1-3,7-8,13-14,16-19H2,(H,30,34)(H,35,36)/t24-,25-,26+,29+/m0/s1. The van der Waals surface area contributed by atoms with Crippen LogP contribution in [0, 0.1) is 0 Å². The number of amides is 1. The number of aliphatic hydroxyl groups excluding tert-OH is 2. The monoisotopic (exact) mass is 526 g/mol. The molecule has 2 heterocycles. The largest absolute Gasteiger partial charge is 0.481 e. The van der Waals surface area contributed by atoms with E-state index < -0.39 is 12.3 Å². The van der Waals surface area contributed by atoms with Gasteiger partial charge in [0.25, 0.3) is 0 Å². The van der Waals surface area contributed by atoms with Gasteiger partial charge in [0.15, 0.2) is 6.29 Å². The lowest BCUT2D eigenvalue weighted by Crippen LogP contribution is -2.38. The fourth-order valence-corrected chi connectivity index (χ4v) is 5.02. The van der Waals surface area contributed by atoms with Gasteiger partial charge in [-0.15, -0.1) is 0 Å². The molecule has 2 aromatic carbocycles. The molecule has 0 radical (unpaired) electrons. The number of hydrogen-bond donors (Lipinski definition) is 4. The Bertz CT molecular complexity index is 1060. The van der Waals surface area contributed by atoms with Crippen LogP contribution >= 0.6 is 0 Å². The summed E-state index contributed by atoms with van der Waals surface area (Å²) in [5.41, 5.74) is 3.30. The second kappa shape index (κ2) is 13.8. The summed E-state index contributed by atoms with van der Waals surface area (Å²) in [6.45, 7) is 2.15. The maximum Gasteiger partial charge on any atom is 0.303 e. The SMILES string of the molecule is O=C(O)CCCCCC(=O)Nc1cccc([C@@H]2O[C@H](CN3CC[C@H](O)C3)C[C@H](c3ccc(CO)cc3)O2)c1. The van der Waals surface area contributed by atoms with Gasteiger partial charge in [0.05, 0.1) is 24.9 Å². The Balaban J connectivity index is 1.41. The maximum atomic E-state index is 12.4. The first-order chi connectivity index (χ1) is 18.4. The van der Waals surface area contributed by atoms with Crippen LogP contribution in [0.15, 0.2) is 48.5 Å². The lowest BCUT2D eigenvalue weighted by atomic mass is 9.99. The predicted octanol–water partition coefficient (Wildman–Crippen LogP) is 3.76. The molecule has 2 aliphatic rings. The molecule has 1 amide bonds. The second-order valence-corrected chi connectivity index (χ2v) is 10.2. The summed E-state index contributed by atoms with van der Waals surface area (Å²) in [5, 5.41) is 31.0. The fraction of sp³-hybridized carbons (Fsp3) is 0.517. The second-order valence-electron chi connectivity index (χ2n) is 10.2.